The monoisotopic (exact) mass is 520 g/mol. The van der Waals surface area contributed by atoms with E-state index in [9.17, 15) is 28.2 Å². The standard InChI is InChI=1S/C27H35F3N4O3/c1-18-3-6-21(35)15-22(18)25-8-12-32(24(36)17-34-11-7-23(31-34)27(28,29)30)14-10-26(25,37)19(2)33(13-9-25)16-20-4-5-20/h3,6-7,11,15,19-20,35,37H,4-5,8-10,12-14,16-17H2,1-2H3. The molecule has 2 saturated heterocycles. The molecule has 0 bridgehead atoms. The number of piperidine rings is 1. The van der Waals surface area contributed by atoms with Crippen molar-refractivity contribution >= 4 is 5.91 Å². The normalized spacial score (nSPS) is 29.1. The number of hydrogen-bond donors (Lipinski definition) is 2. The first-order valence-electron chi connectivity index (χ1n) is 13.1. The molecular formula is C27H35F3N4O3. The first-order valence-corrected chi connectivity index (χ1v) is 13.1. The summed E-state index contributed by atoms with van der Waals surface area (Å²) in [6.45, 7) is 6.17. The summed E-state index contributed by atoms with van der Waals surface area (Å²) in [5.41, 5.74) is -0.957. The first kappa shape index (κ1) is 26.0. The van der Waals surface area contributed by atoms with Crippen molar-refractivity contribution in [1.29, 1.82) is 0 Å². The van der Waals surface area contributed by atoms with Crippen LogP contribution < -0.4 is 0 Å². The average molecular weight is 521 g/mol. The molecule has 3 atom stereocenters. The number of halogens is 3. The molecule has 2 N–H and O–H groups in total. The lowest BCUT2D eigenvalue weighted by Crippen LogP contribution is -2.68. The van der Waals surface area contributed by atoms with Crippen molar-refractivity contribution in [3.05, 3.63) is 47.3 Å². The van der Waals surface area contributed by atoms with Gasteiger partial charge in [-0.3, -0.25) is 14.4 Å². The molecule has 3 unspecified atom stereocenters. The van der Waals surface area contributed by atoms with Crippen molar-refractivity contribution in [3.8, 4) is 5.75 Å². The number of carbonyl (C=O) groups excluding carboxylic acids is 1. The number of fused-ring (bicyclic) bond motifs is 1. The summed E-state index contributed by atoms with van der Waals surface area (Å²) >= 11 is 0. The maximum Gasteiger partial charge on any atom is 0.435 e. The highest BCUT2D eigenvalue weighted by molar-refractivity contribution is 5.76. The van der Waals surface area contributed by atoms with Gasteiger partial charge in [-0.2, -0.15) is 18.3 Å². The second-order valence-corrected chi connectivity index (χ2v) is 11.1. The Balaban J connectivity index is 1.44. The number of aromatic hydroxyl groups is 1. The van der Waals surface area contributed by atoms with Crippen LogP contribution in [0.3, 0.4) is 0 Å². The Labute approximate surface area is 214 Å². The fraction of sp³-hybridized carbons (Fsp3) is 0.630. The Morgan fingerprint density at radius 2 is 1.84 bits per heavy atom. The minimum atomic E-state index is -4.57. The molecule has 7 nitrogen and oxygen atoms in total. The van der Waals surface area contributed by atoms with E-state index in [4.69, 9.17) is 0 Å². The second kappa shape index (κ2) is 9.31. The third kappa shape index (κ3) is 4.74. The largest absolute Gasteiger partial charge is 0.508 e. The van der Waals surface area contributed by atoms with Gasteiger partial charge in [0.25, 0.3) is 0 Å². The summed E-state index contributed by atoms with van der Waals surface area (Å²) in [6, 6.07) is 5.97. The van der Waals surface area contributed by atoms with Crippen LogP contribution in [0, 0.1) is 12.8 Å². The molecule has 1 aliphatic carbocycles. The van der Waals surface area contributed by atoms with Gasteiger partial charge in [-0.25, -0.2) is 0 Å². The highest BCUT2D eigenvalue weighted by atomic mass is 19.4. The number of aryl methyl sites for hydroxylation is 1. The SMILES string of the molecule is Cc1ccc(O)cc1C12CCN(C(=O)Cn3ccc(C(F)(F)F)n3)CCC1(O)C(C)N(CC1CC1)CC2. The number of hydrogen-bond acceptors (Lipinski definition) is 5. The van der Waals surface area contributed by atoms with Crippen LogP contribution in [0.5, 0.6) is 5.75 Å². The summed E-state index contributed by atoms with van der Waals surface area (Å²) in [5, 5.41) is 26.4. The molecule has 10 heteroatoms. The predicted molar refractivity (Wildman–Crippen MR) is 131 cm³/mol. The van der Waals surface area contributed by atoms with Gasteiger partial charge in [0.1, 0.15) is 12.3 Å². The molecule has 0 radical (unpaired) electrons. The lowest BCUT2D eigenvalue weighted by atomic mass is 9.57. The minimum Gasteiger partial charge on any atom is -0.508 e. The summed E-state index contributed by atoms with van der Waals surface area (Å²) in [5.74, 6) is 0.478. The van der Waals surface area contributed by atoms with Crippen LogP contribution in [0.25, 0.3) is 0 Å². The van der Waals surface area contributed by atoms with Gasteiger partial charge in [0.05, 0.1) is 5.60 Å². The molecule has 2 aliphatic heterocycles. The Morgan fingerprint density at radius 3 is 2.51 bits per heavy atom. The number of carbonyl (C=O) groups is 1. The van der Waals surface area contributed by atoms with Gasteiger partial charge < -0.3 is 15.1 Å². The van der Waals surface area contributed by atoms with Crippen LogP contribution in [0.15, 0.2) is 30.5 Å². The van der Waals surface area contributed by atoms with Crippen molar-refractivity contribution in [2.45, 2.75) is 75.7 Å². The molecule has 2 aromatic rings. The number of phenols is 1. The van der Waals surface area contributed by atoms with Crippen LogP contribution >= 0.6 is 0 Å². The number of aliphatic hydroxyl groups is 1. The van der Waals surface area contributed by atoms with E-state index in [1.165, 1.54) is 19.0 Å². The summed E-state index contributed by atoms with van der Waals surface area (Å²) in [7, 11) is 0. The van der Waals surface area contributed by atoms with E-state index in [0.29, 0.717) is 38.3 Å². The van der Waals surface area contributed by atoms with E-state index in [1.807, 2.05) is 13.0 Å². The van der Waals surface area contributed by atoms with Crippen molar-refractivity contribution in [3.63, 3.8) is 0 Å². The van der Waals surface area contributed by atoms with Gasteiger partial charge in [-0.05, 0) is 87.7 Å². The van der Waals surface area contributed by atoms with E-state index in [0.717, 1.165) is 35.0 Å². The number of amides is 1. The highest BCUT2D eigenvalue weighted by Crippen LogP contribution is 2.53. The zero-order valence-electron chi connectivity index (χ0n) is 21.3. The van der Waals surface area contributed by atoms with E-state index < -0.39 is 22.9 Å². The highest BCUT2D eigenvalue weighted by Gasteiger charge is 2.59. The number of likely N-dealkylation sites (tertiary alicyclic amines) is 2. The van der Waals surface area contributed by atoms with Gasteiger partial charge in [-0.15, -0.1) is 0 Å². The summed E-state index contributed by atoms with van der Waals surface area (Å²) in [6.07, 6.45) is 0.553. The fourth-order valence-corrected chi connectivity index (χ4v) is 6.58. The van der Waals surface area contributed by atoms with Crippen molar-refractivity contribution in [2.24, 2.45) is 5.92 Å². The maximum absolute atomic E-state index is 13.2. The molecule has 1 saturated carbocycles. The number of aromatic nitrogens is 2. The fourth-order valence-electron chi connectivity index (χ4n) is 6.58. The van der Waals surface area contributed by atoms with E-state index >= 15 is 0 Å². The topological polar surface area (TPSA) is 81.8 Å². The molecule has 1 aromatic carbocycles. The van der Waals surface area contributed by atoms with E-state index in [2.05, 4.69) is 16.9 Å². The van der Waals surface area contributed by atoms with Crippen LogP contribution in [0.4, 0.5) is 13.2 Å². The molecule has 0 spiro atoms. The van der Waals surface area contributed by atoms with Crippen molar-refractivity contribution in [2.75, 3.05) is 26.2 Å². The molecule has 1 aromatic heterocycles. The molecular weight excluding hydrogens is 485 g/mol. The number of alkyl halides is 3. The molecule has 3 aliphatic rings. The lowest BCUT2D eigenvalue weighted by molar-refractivity contribution is -0.142. The van der Waals surface area contributed by atoms with Crippen LogP contribution in [-0.2, 0) is 22.9 Å². The Kier molecular flexibility index (Phi) is 6.55. The zero-order valence-corrected chi connectivity index (χ0v) is 21.3. The van der Waals surface area contributed by atoms with Crippen LogP contribution in [0.1, 0.15) is 55.8 Å². The third-order valence-electron chi connectivity index (χ3n) is 8.97. The molecule has 5 rings (SSSR count). The quantitative estimate of drug-likeness (QED) is 0.628. The number of nitrogens with zero attached hydrogens (tertiary/aromatic N) is 4. The average Bonchev–Trinajstić information content (AvgIpc) is 3.56. The smallest absolute Gasteiger partial charge is 0.435 e. The van der Waals surface area contributed by atoms with Gasteiger partial charge in [0, 0.05) is 37.3 Å². The molecule has 3 heterocycles. The van der Waals surface area contributed by atoms with E-state index in [1.54, 1.807) is 17.0 Å². The van der Waals surface area contributed by atoms with Crippen LogP contribution in [-0.4, -0.2) is 73.5 Å². The maximum atomic E-state index is 13.2. The third-order valence-corrected chi connectivity index (χ3v) is 8.97. The Bertz CT molecular complexity index is 1160. The molecule has 1 amide bonds. The summed E-state index contributed by atoms with van der Waals surface area (Å²) in [4.78, 5) is 17.2. The first-order chi connectivity index (χ1) is 17.4. The second-order valence-electron chi connectivity index (χ2n) is 11.1. The zero-order chi connectivity index (χ0) is 26.6. The predicted octanol–water partition coefficient (Wildman–Crippen LogP) is 3.71. The van der Waals surface area contributed by atoms with Crippen molar-refractivity contribution in [1.82, 2.24) is 19.6 Å². The Hall–Kier alpha value is -2.59. The van der Waals surface area contributed by atoms with Crippen molar-refractivity contribution < 1.29 is 28.2 Å². The number of phenolic OH excluding ortho intramolecular Hbond substituents is 1. The molecule has 3 fully saturated rings. The minimum absolute atomic E-state index is 0.140. The number of rotatable bonds is 5. The van der Waals surface area contributed by atoms with Gasteiger partial charge in [0.2, 0.25) is 5.91 Å². The molecule has 37 heavy (non-hydrogen) atoms. The van der Waals surface area contributed by atoms with Gasteiger partial charge in [-0.1, -0.05) is 6.07 Å². The van der Waals surface area contributed by atoms with Gasteiger partial charge >= 0.3 is 6.18 Å². The summed E-state index contributed by atoms with van der Waals surface area (Å²) < 4.78 is 39.9. The van der Waals surface area contributed by atoms with E-state index in [-0.39, 0.29) is 24.2 Å². The number of benzene rings is 1. The molecule has 202 valence electrons. The lowest BCUT2D eigenvalue weighted by Gasteiger charge is -2.57. The Morgan fingerprint density at radius 1 is 1.14 bits per heavy atom. The van der Waals surface area contributed by atoms with Gasteiger partial charge in [0.15, 0.2) is 5.69 Å². The van der Waals surface area contributed by atoms with Crippen LogP contribution in [0.2, 0.25) is 0 Å².